The van der Waals surface area contributed by atoms with E-state index in [0.29, 0.717) is 19.1 Å². The van der Waals surface area contributed by atoms with Crippen LogP contribution in [0.15, 0.2) is 0 Å². The average Bonchev–Trinajstić information content (AvgIpc) is 2.39. The number of carbonyl (C=O) groups excluding carboxylic acids is 1. The summed E-state index contributed by atoms with van der Waals surface area (Å²) in [5, 5.41) is 0. The van der Waals surface area contributed by atoms with Crippen molar-refractivity contribution in [2.24, 2.45) is 0 Å². The summed E-state index contributed by atoms with van der Waals surface area (Å²) >= 11 is 1.93. The van der Waals surface area contributed by atoms with E-state index in [9.17, 15) is 4.79 Å². The molecular formula is C13H25NO3S. The van der Waals surface area contributed by atoms with Crippen LogP contribution in [0.5, 0.6) is 0 Å². The van der Waals surface area contributed by atoms with Crippen LogP contribution < -0.4 is 0 Å². The molecule has 0 amide bonds. The Kier molecular flexibility index (Phi) is 8.46. The highest BCUT2D eigenvalue weighted by molar-refractivity contribution is 7.99. The predicted octanol–water partition coefficient (Wildman–Crippen LogP) is 1.78. The molecule has 1 fully saturated rings. The molecule has 1 unspecified atom stereocenters. The van der Waals surface area contributed by atoms with Crippen LogP contribution >= 0.6 is 11.8 Å². The van der Waals surface area contributed by atoms with Gasteiger partial charge in [0.15, 0.2) is 0 Å². The standard InChI is InChI=1S/C13H25NO3S/c1-3-17-13(15)11-12(5-10-18-4-2)14-6-8-16-9-7-14/h12H,3-11H2,1-2H3. The maximum absolute atomic E-state index is 11.6. The number of ether oxygens (including phenoxy) is 2. The Morgan fingerprint density at radius 2 is 2.11 bits per heavy atom. The Morgan fingerprint density at radius 3 is 2.72 bits per heavy atom. The number of carbonyl (C=O) groups is 1. The third kappa shape index (κ3) is 6.07. The number of nitrogens with zero attached hydrogens (tertiary/aromatic N) is 1. The predicted molar refractivity (Wildman–Crippen MR) is 75.0 cm³/mol. The summed E-state index contributed by atoms with van der Waals surface area (Å²) in [5.74, 6) is 2.17. The molecule has 4 nitrogen and oxygen atoms in total. The average molecular weight is 275 g/mol. The second-order valence-electron chi connectivity index (χ2n) is 4.30. The summed E-state index contributed by atoms with van der Waals surface area (Å²) in [6.45, 7) is 7.91. The number of rotatable bonds is 8. The smallest absolute Gasteiger partial charge is 0.307 e. The minimum absolute atomic E-state index is 0.0736. The molecule has 1 aliphatic rings. The van der Waals surface area contributed by atoms with Gasteiger partial charge in [-0.15, -0.1) is 0 Å². The topological polar surface area (TPSA) is 38.8 Å². The zero-order valence-corrected chi connectivity index (χ0v) is 12.3. The second kappa shape index (κ2) is 9.64. The molecule has 1 rings (SSSR count). The molecule has 0 aromatic heterocycles. The molecule has 1 saturated heterocycles. The molecule has 1 atom stereocenters. The molecule has 0 saturated carbocycles. The highest BCUT2D eigenvalue weighted by atomic mass is 32.2. The molecule has 18 heavy (non-hydrogen) atoms. The summed E-state index contributed by atoms with van der Waals surface area (Å²) < 4.78 is 10.4. The van der Waals surface area contributed by atoms with E-state index < -0.39 is 0 Å². The summed E-state index contributed by atoms with van der Waals surface area (Å²) in [5.41, 5.74) is 0. The lowest BCUT2D eigenvalue weighted by atomic mass is 10.1. The molecule has 0 aromatic carbocycles. The van der Waals surface area contributed by atoms with Crippen LogP contribution in [0, 0.1) is 0 Å². The summed E-state index contributed by atoms with van der Waals surface area (Å²) in [7, 11) is 0. The van der Waals surface area contributed by atoms with Crippen LogP contribution in [0.4, 0.5) is 0 Å². The van der Waals surface area contributed by atoms with Crippen molar-refractivity contribution in [1.82, 2.24) is 4.90 Å². The van der Waals surface area contributed by atoms with Crippen molar-refractivity contribution in [3.63, 3.8) is 0 Å². The fourth-order valence-corrected chi connectivity index (χ4v) is 2.86. The SMILES string of the molecule is CCOC(=O)CC(CCSCC)N1CCOCC1. The molecule has 1 aliphatic heterocycles. The molecule has 0 aliphatic carbocycles. The lowest BCUT2D eigenvalue weighted by Crippen LogP contribution is -2.44. The van der Waals surface area contributed by atoms with Crippen LogP contribution in [0.3, 0.4) is 0 Å². The van der Waals surface area contributed by atoms with Crippen molar-refractivity contribution in [3.8, 4) is 0 Å². The van der Waals surface area contributed by atoms with Crippen molar-refractivity contribution >= 4 is 17.7 Å². The number of thioether (sulfide) groups is 1. The molecule has 0 radical (unpaired) electrons. The van der Waals surface area contributed by atoms with Crippen molar-refractivity contribution in [3.05, 3.63) is 0 Å². The van der Waals surface area contributed by atoms with Crippen LogP contribution in [0.2, 0.25) is 0 Å². The van der Waals surface area contributed by atoms with Crippen molar-refractivity contribution in [2.45, 2.75) is 32.7 Å². The summed E-state index contributed by atoms with van der Waals surface area (Å²) in [6, 6.07) is 0.312. The molecule has 106 valence electrons. The molecule has 1 heterocycles. The maximum Gasteiger partial charge on any atom is 0.307 e. The highest BCUT2D eigenvalue weighted by Crippen LogP contribution is 2.15. The third-order valence-corrected chi connectivity index (χ3v) is 4.00. The van der Waals surface area contributed by atoms with Crippen LogP contribution in [0.1, 0.15) is 26.7 Å². The number of hydrogen-bond acceptors (Lipinski definition) is 5. The first kappa shape index (κ1) is 15.8. The lowest BCUT2D eigenvalue weighted by Gasteiger charge is -2.34. The Labute approximate surface area is 114 Å². The van der Waals surface area contributed by atoms with Gasteiger partial charge >= 0.3 is 5.97 Å². The molecular weight excluding hydrogens is 250 g/mol. The largest absolute Gasteiger partial charge is 0.466 e. The van der Waals surface area contributed by atoms with Gasteiger partial charge in [-0.3, -0.25) is 9.69 Å². The summed E-state index contributed by atoms with van der Waals surface area (Å²) in [4.78, 5) is 14.0. The van der Waals surface area contributed by atoms with Gasteiger partial charge in [0.25, 0.3) is 0 Å². The van der Waals surface area contributed by atoms with E-state index in [4.69, 9.17) is 9.47 Å². The number of esters is 1. The van der Waals surface area contributed by atoms with Gasteiger partial charge in [-0.05, 0) is 24.9 Å². The first-order valence-corrected chi connectivity index (χ1v) is 7.98. The van der Waals surface area contributed by atoms with E-state index in [2.05, 4.69) is 11.8 Å². The molecule has 0 N–H and O–H groups in total. The lowest BCUT2D eigenvalue weighted by molar-refractivity contribution is -0.145. The van der Waals surface area contributed by atoms with Gasteiger partial charge in [0.05, 0.1) is 26.2 Å². The fraction of sp³-hybridized carbons (Fsp3) is 0.923. The van der Waals surface area contributed by atoms with Gasteiger partial charge in [0, 0.05) is 19.1 Å². The zero-order valence-electron chi connectivity index (χ0n) is 11.5. The number of hydrogen-bond donors (Lipinski definition) is 0. The van der Waals surface area contributed by atoms with E-state index >= 15 is 0 Å². The van der Waals surface area contributed by atoms with Gasteiger partial charge in [-0.1, -0.05) is 6.92 Å². The van der Waals surface area contributed by atoms with Crippen LogP contribution in [-0.2, 0) is 14.3 Å². The Hall–Kier alpha value is -0.260. The monoisotopic (exact) mass is 275 g/mol. The minimum Gasteiger partial charge on any atom is -0.466 e. The first-order valence-electron chi connectivity index (χ1n) is 6.83. The normalized spacial score (nSPS) is 18.6. The van der Waals surface area contributed by atoms with Crippen molar-refractivity contribution in [2.75, 3.05) is 44.4 Å². The Bertz CT molecular complexity index is 232. The second-order valence-corrected chi connectivity index (χ2v) is 5.69. The highest BCUT2D eigenvalue weighted by Gasteiger charge is 2.23. The van der Waals surface area contributed by atoms with Crippen molar-refractivity contribution in [1.29, 1.82) is 0 Å². The van der Waals surface area contributed by atoms with E-state index in [-0.39, 0.29) is 5.97 Å². The fourth-order valence-electron chi connectivity index (χ4n) is 2.13. The first-order chi connectivity index (χ1) is 8.77. The van der Waals surface area contributed by atoms with Gasteiger partial charge in [0.2, 0.25) is 0 Å². The van der Waals surface area contributed by atoms with E-state index in [0.717, 1.165) is 44.2 Å². The van der Waals surface area contributed by atoms with Crippen molar-refractivity contribution < 1.29 is 14.3 Å². The van der Waals surface area contributed by atoms with Crippen LogP contribution in [-0.4, -0.2) is 61.3 Å². The Balaban J connectivity index is 2.41. The minimum atomic E-state index is -0.0736. The third-order valence-electron chi connectivity index (χ3n) is 3.07. The van der Waals surface area contributed by atoms with E-state index in [1.54, 1.807) is 0 Å². The maximum atomic E-state index is 11.6. The van der Waals surface area contributed by atoms with Gasteiger partial charge in [0.1, 0.15) is 0 Å². The molecule has 0 spiro atoms. The quantitative estimate of drug-likeness (QED) is 0.499. The van der Waals surface area contributed by atoms with Gasteiger partial charge in [-0.25, -0.2) is 0 Å². The van der Waals surface area contributed by atoms with Gasteiger partial charge < -0.3 is 9.47 Å². The zero-order chi connectivity index (χ0) is 13.2. The summed E-state index contributed by atoms with van der Waals surface area (Å²) in [6.07, 6.45) is 1.56. The Morgan fingerprint density at radius 1 is 1.39 bits per heavy atom. The number of morpholine rings is 1. The van der Waals surface area contributed by atoms with E-state index in [1.807, 2.05) is 18.7 Å². The molecule has 5 heteroatoms. The van der Waals surface area contributed by atoms with Gasteiger partial charge in [-0.2, -0.15) is 11.8 Å². The van der Waals surface area contributed by atoms with E-state index in [1.165, 1.54) is 0 Å². The molecule has 0 bridgehead atoms. The van der Waals surface area contributed by atoms with Crippen LogP contribution in [0.25, 0.3) is 0 Å². The molecule has 0 aromatic rings.